The topological polar surface area (TPSA) is 62.5 Å². The average molecular weight is 297 g/mol. The van der Waals surface area contributed by atoms with E-state index in [-0.39, 0.29) is 5.91 Å². The first-order chi connectivity index (χ1) is 9.47. The maximum atomic E-state index is 12.4. The number of hydrogen-bond acceptors (Lipinski definition) is 4. The highest BCUT2D eigenvalue weighted by Crippen LogP contribution is 2.21. The van der Waals surface area contributed by atoms with Crippen LogP contribution in [0.3, 0.4) is 0 Å². The largest absolute Gasteiger partial charge is 0.384 e. The van der Waals surface area contributed by atoms with Crippen molar-refractivity contribution in [3.8, 4) is 0 Å². The molecular formula is C14H21ClN4O. The number of likely N-dealkylation sites (tertiary alicyclic amines) is 1. The van der Waals surface area contributed by atoms with Crippen LogP contribution in [0.1, 0.15) is 23.2 Å². The number of halogens is 1. The Kier molecular flexibility index (Phi) is 4.83. The number of piperidine rings is 1. The van der Waals surface area contributed by atoms with Crippen LogP contribution in [0.4, 0.5) is 5.82 Å². The van der Waals surface area contributed by atoms with Crippen molar-refractivity contribution < 1.29 is 4.79 Å². The molecule has 6 heteroatoms. The fraction of sp³-hybridized carbons (Fsp3) is 0.571. The van der Waals surface area contributed by atoms with Crippen molar-refractivity contribution in [1.82, 2.24) is 14.8 Å². The van der Waals surface area contributed by atoms with E-state index in [1.807, 2.05) is 7.05 Å². The van der Waals surface area contributed by atoms with Gasteiger partial charge in [0, 0.05) is 19.8 Å². The quantitative estimate of drug-likeness (QED) is 0.923. The third kappa shape index (κ3) is 3.61. The normalized spacial score (nSPS) is 17.1. The maximum Gasteiger partial charge on any atom is 0.255 e. The van der Waals surface area contributed by atoms with E-state index in [1.165, 1.54) is 12.3 Å². The number of carbonyl (C=O) groups is 1. The standard InChI is InChI=1S/C14H21ClN4O/c1-18-5-3-10(4-6-18)9-19(2)14(20)11-7-13(16)17-8-12(11)15/h7-8,10H,3-6,9H2,1-2H3,(H2,16,17). The Labute approximate surface area is 124 Å². The summed E-state index contributed by atoms with van der Waals surface area (Å²) in [5.41, 5.74) is 6.04. The van der Waals surface area contributed by atoms with Crippen LogP contribution in [0.25, 0.3) is 0 Å². The fourth-order valence-corrected chi connectivity index (χ4v) is 2.72. The molecule has 1 aliphatic rings. The molecule has 1 aromatic rings. The molecule has 0 unspecified atom stereocenters. The number of nitrogen functional groups attached to an aromatic ring is 1. The molecule has 0 aliphatic carbocycles. The number of carbonyl (C=O) groups excluding carboxylic acids is 1. The van der Waals surface area contributed by atoms with E-state index >= 15 is 0 Å². The zero-order valence-electron chi connectivity index (χ0n) is 12.0. The molecule has 0 spiro atoms. The summed E-state index contributed by atoms with van der Waals surface area (Å²) in [5.74, 6) is 0.770. The van der Waals surface area contributed by atoms with Gasteiger partial charge < -0.3 is 15.5 Å². The molecule has 0 atom stereocenters. The number of rotatable bonds is 3. The second-order valence-electron chi connectivity index (χ2n) is 5.52. The highest BCUT2D eigenvalue weighted by molar-refractivity contribution is 6.33. The van der Waals surface area contributed by atoms with E-state index in [4.69, 9.17) is 17.3 Å². The van der Waals surface area contributed by atoms with Crippen molar-refractivity contribution in [3.05, 3.63) is 22.8 Å². The predicted molar refractivity (Wildman–Crippen MR) is 80.8 cm³/mol. The van der Waals surface area contributed by atoms with Gasteiger partial charge >= 0.3 is 0 Å². The Bertz CT molecular complexity index is 486. The van der Waals surface area contributed by atoms with Crippen molar-refractivity contribution >= 4 is 23.3 Å². The number of pyridine rings is 1. The Hall–Kier alpha value is -1.33. The van der Waals surface area contributed by atoms with Gasteiger partial charge in [0.25, 0.3) is 5.91 Å². The summed E-state index contributed by atoms with van der Waals surface area (Å²) in [6.45, 7) is 2.94. The molecule has 0 radical (unpaired) electrons. The van der Waals surface area contributed by atoms with E-state index in [9.17, 15) is 4.79 Å². The minimum Gasteiger partial charge on any atom is -0.384 e. The van der Waals surface area contributed by atoms with Crippen LogP contribution in [-0.4, -0.2) is 54.4 Å². The molecule has 1 aliphatic heterocycles. The highest BCUT2D eigenvalue weighted by Gasteiger charge is 2.22. The molecule has 0 bridgehead atoms. The summed E-state index contributed by atoms with van der Waals surface area (Å²) in [5, 5.41) is 0.347. The van der Waals surface area contributed by atoms with Gasteiger partial charge in [-0.05, 0) is 45.0 Å². The number of nitrogens with two attached hydrogens (primary N) is 1. The Morgan fingerprint density at radius 3 is 2.85 bits per heavy atom. The molecule has 0 saturated carbocycles. The van der Waals surface area contributed by atoms with Crippen LogP contribution in [-0.2, 0) is 0 Å². The van der Waals surface area contributed by atoms with Crippen molar-refractivity contribution in [2.24, 2.45) is 5.92 Å². The molecule has 2 N–H and O–H groups in total. The smallest absolute Gasteiger partial charge is 0.255 e. The summed E-state index contributed by atoms with van der Waals surface area (Å²) in [7, 11) is 3.94. The highest BCUT2D eigenvalue weighted by atomic mass is 35.5. The van der Waals surface area contributed by atoms with Crippen LogP contribution in [0.15, 0.2) is 12.3 Å². The molecule has 1 saturated heterocycles. The third-order valence-corrected chi connectivity index (χ3v) is 4.12. The monoisotopic (exact) mass is 296 g/mol. The Balaban J connectivity index is 1.99. The van der Waals surface area contributed by atoms with Gasteiger partial charge in [-0.1, -0.05) is 11.6 Å². The average Bonchev–Trinajstić information content (AvgIpc) is 2.43. The van der Waals surface area contributed by atoms with Crippen LogP contribution < -0.4 is 5.73 Å². The Morgan fingerprint density at radius 2 is 2.20 bits per heavy atom. The molecule has 2 rings (SSSR count). The first kappa shape index (κ1) is 15.1. The van der Waals surface area contributed by atoms with Gasteiger partial charge in [0.2, 0.25) is 0 Å². The Morgan fingerprint density at radius 1 is 1.55 bits per heavy atom. The van der Waals surface area contributed by atoms with E-state index in [2.05, 4.69) is 16.9 Å². The van der Waals surface area contributed by atoms with E-state index in [1.54, 1.807) is 4.90 Å². The molecule has 0 aromatic carbocycles. The van der Waals surface area contributed by atoms with E-state index in [0.717, 1.165) is 32.5 Å². The van der Waals surface area contributed by atoms with Crippen molar-refractivity contribution in [2.75, 3.05) is 39.5 Å². The molecule has 2 heterocycles. The first-order valence-corrected chi connectivity index (χ1v) is 7.20. The molecule has 5 nitrogen and oxygen atoms in total. The lowest BCUT2D eigenvalue weighted by molar-refractivity contribution is 0.0747. The lowest BCUT2D eigenvalue weighted by atomic mass is 9.96. The lowest BCUT2D eigenvalue weighted by Crippen LogP contribution is -2.38. The molecule has 1 fully saturated rings. The van der Waals surface area contributed by atoms with Crippen LogP contribution >= 0.6 is 11.6 Å². The minimum atomic E-state index is -0.0944. The van der Waals surface area contributed by atoms with Gasteiger partial charge in [0.15, 0.2) is 0 Å². The van der Waals surface area contributed by atoms with Gasteiger partial charge in [0.1, 0.15) is 5.82 Å². The van der Waals surface area contributed by atoms with E-state index < -0.39 is 0 Å². The summed E-state index contributed by atoms with van der Waals surface area (Å²) in [6, 6.07) is 1.54. The molecule has 110 valence electrons. The number of nitrogens with zero attached hydrogens (tertiary/aromatic N) is 3. The first-order valence-electron chi connectivity index (χ1n) is 6.82. The van der Waals surface area contributed by atoms with Gasteiger partial charge in [-0.15, -0.1) is 0 Å². The summed E-state index contributed by atoms with van der Waals surface area (Å²) in [6.07, 6.45) is 3.67. The second-order valence-corrected chi connectivity index (χ2v) is 5.93. The van der Waals surface area contributed by atoms with Gasteiger partial charge in [-0.3, -0.25) is 4.79 Å². The van der Waals surface area contributed by atoms with Crippen molar-refractivity contribution in [1.29, 1.82) is 0 Å². The summed E-state index contributed by atoms with van der Waals surface area (Å²) < 4.78 is 0. The summed E-state index contributed by atoms with van der Waals surface area (Å²) >= 11 is 6.02. The lowest BCUT2D eigenvalue weighted by Gasteiger charge is -2.31. The molecule has 1 aromatic heterocycles. The number of hydrogen-bond donors (Lipinski definition) is 1. The zero-order chi connectivity index (χ0) is 14.7. The molecule has 1 amide bonds. The SMILES string of the molecule is CN1CCC(CN(C)C(=O)c2cc(N)ncc2Cl)CC1. The number of aromatic nitrogens is 1. The predicted octanol–water partition coefficient (Wildman–Crippen LogP) is 1.73. The number of amides is 1. The molecule has 20 heavy (non-hydrogen) atoms. The van der Waals surface area contributed by atoms with Crippen LogP contribution in [0.5, 0.6) is 0 Å². The van der Waals surface area contributed by atoms with Crippen molar-refractivity contribution in [2.45, 2.75) is 12.8 Å². The van der Waals surface area contributed by atoms with Gasteiger partial charge in [-0.2, -0.15) is 0 Å². The van der Waals surface area contributed by atoms with Crippen LogP contribution in [0, 0.1) is 5.92 Å². The third-order valence-electron chi connectivity index (χ3n) is 3.82. The summed E-state index contributed by atoms with van der Waals surface area (Å²) in [4.78, 5) is 20.3. The van der Waals surface area contributed by atoms with Crippen LogP contribution in [0.2, 0.25) is 5.02 Å². The second kappa shape index (κ2) is 6.41. The van der Waals surface area contributed by atoms with E-state index in [0.29, 0.717) is 22.3 Å². The van der Waals surface area contributed by atoms with Gasteiger partial charge in [0.05, 0.1) is 10.6 Å². The fourth-order valence-electron chi connectivity index (χ4n) is 2.54. The minimum absolute atomic E-state index is 0.0944. The maximum absolute atomic E-state index is 12.4. The number of anilines is 1. The van der Waals surface area contributed by atoms with Gasteiger partial charge in [-0.25, -0.2) is 4.98 Å². The van der Waals surface area contributed by atoms with Crippen molar-refractivity contribution in [3.63, 3.8) is 0 Å². The zero-order valence-corrected chi connectivity index (χ0v) is 12.7. The molecular weight excluding hydrogens is 276 g/mol.